The number of rotatable bonds is 3. The van der Waals surface area contributed by atoms with Gasteiger partial charge in [0, 0.05) is 37.9 Å². The quantitative estimate of drug-likeness (QED) is 0.750. The van der Waals surface area contributed by atoms with Crippen LogP contribution in [-0.4, -0.2) is 82.6 Å². The number of anilines is 1. The average Bonchev–Trinajstić information content (AvgIpc) is 2.84. The number of aromatic nitrogens is 2. The topological polar surface area (TPSA) is 76.6 Å². The molecule has 3 aliphatic rings. The third kappa shape index (κ3) is 4.82. The van der Waals surface area contributed by atoms with Crippen LogP contribution < -0.4 is 10.6 Å². The number of piperazine rings is 1. The molecule has 8 heteroatoms. The summed E-state index contributed by atoms with van der Waals surface area (Å²) in [6, 6.07) is 11.1. The number of hydrogen-bond donors (Lipinski definition) is 2. The number of nitrogens with one attached hydrogen (secondary N) is 2. The summed E-state index contributed by atoms with van der Waals surface area (Å²) in [5.74, 6) is 0.685. The number of urea groups is 1. The van der Waals surface area contributed by atoms with Crippen molar-refractivity contribution in [2.45, 2.75) is 50.9 Å². The Bertz CT molecular complexity index is 962. The van der Waals surface area contributed by atoms with E-state index in [1.54, 1.807) is 0 Å². The van der Waals surface area contributed by atoms with Gasteiger partial charge in [-0.3, -0.25) is 0 Å². The van der Waals surface area contributed by atoms with Crippen LogP contribution in [-0.2, 0) is 13.0 Å². The monoisotopic (exact) mass is 449 g/mol. The molecule has 4 heterocycles. The molecule has 0 radical (unpaired) electrons. The van der Waals surface area contributed by atoms with E-state index in [0.29, 0.717) is 18.5 Å². The van der Waals surface area contributed by atoms with Gasteiger partial charge in [-0.25, -0.2) is 14.8 Å². The summed E-state index contributed by atoms with van der Waals surface area (Å²) in [5, 5.41) is 6.89. The number of fused-ring (bicyclic) bond motifs is 1. The minimum Gasteiger partial charge on any atom is -0.351 e. The number of nitrogens with zero attached hydrogens (tertiary/aromatic N) is 5. The van der Waals surface area contributed by atoms with Gasteiger partial charge in [-0.05, 0) is 57.5 Å². The second-order valence-corrected chi connectivity index (χ2v) is 9.68. The molecule has 33 heavy (non-hydrogen) atoms. The Morgan fingerprint density at radius 1 is 1.12 bits per heavy atom. The Kier molecular flexibility index (Phi) is 6.46. The molecule has 2 atom stereocenters. The number of amides is 2. The molecule has 0 saturated carbocycles. The predicted molar refractivity (Wildman–Crippen MR) is 129 cm³/mol. The molecule has 1 aromatic carbocycles. The fraction of sp³-hybridized carbons (Fsp3) is 0.560. The van der Waals surface area contributed by atoms with E-state index in [9.17, 15) is 4.79 Å². The molecule has 2 aromatic rings. The third-order valence-electron chi connectivity index (χ3n) is 7.25. The molecule has 5 rings (SSSR count). The van der Waals surface area contributed by atoms with Crippen LogP contribution in [0.1, 0.15) is 42.6 Å². The Morgan fingerprint density at radius 3 is 2.70 bits per heavy atom. The zero-order chi connectivity index (χ0) is 22.8. The van der Waals surface area contributed by atoms with Gasteiger partial charge in [-0.1, -0.05) is 30.3 Å². The first-order chi connectivity index (χ1) is 16.1. The van der Waals surface area contributed by atoms with E-state index in [4.69, 9.17) is 4.98 Å². The van der Waals surface area contributed by atoms with Gasteiger partial charge in [-0.15, -0.1) is 0 Å². The van der Waals surface area contributed by atoms with Crippen molar-refractivity contribution in [3.8, 4) is 0 Å². The van der Waals surface area contributed by atoms with Gasteiger partial charge in [0.05, 0.1) is 18.3 Å². The van der Waals surface area contributed by atoms with E-state index in [-0.39, 0.29) is 18.1 Å². The van der Waals surface area contributed by atoms with Gasteiger partial charge in [0.25, 0.3) is 0 Å². The Balaban J connectivity index is 1.34. The number of benzene rings is 1. The highest BCUT2D eigenvalue weighted by Crippen LogP contribution is 2.29. The van der Waals surface area contributed by atoms with Crippen LogP contribution in [0.25, 0.3) is 0 Å². The zero-order valence-corrected chi connectivity index (χ0v) is 19.7. The lowest BCUT2D eigenvalue weighted by atomic mass is 9.99. The molecule has 3 aliphatic heterocycles. The molecule has 2 fully saturated rings. The van der Waals surface area contributed by atoms with Gasteiger partial charge >= 0.3 is 6.03 Å². The van der Waals surface area contributed by atoms with Crippen LogP contribution in [0.2, 0.25) is 0 Å². The van der Waals surface area contributed by atoms with E-state index in [1.807, 2.05) is 17.2 Å². The molecule has 0 unspecified atom stereocenters. The van der Waals surface area contributed by atoms with Gasteiger partial charge in [0.15, 0.2) is 0 Å². The number of carbonyl (C=O) groups excluding carboxylic acids is 1. The molecule has 1 aromatic heterocycles. The summed E-state index contributed by atoms with van der Waals surface area (Å²) in [5.41, 5.74) is 3.32. The first-order valence-corrected chi connectivity index (χ1v) is 12.2. The average molecular weight is 450 g/mol. The SMILES string of the molecule is C[C@@H]1Cc2cnc(NC3CCNCC3)nc2CN1C(=O)N1CCN(C)C[C@@H]1c1ccccc1. The smallest absolute Gasteiger partial charge is 0.321 e. The largest absolute Gasteiger partial charge is 0.351 e. The van der Waals surface area contributed by atoms with Crippen LogP contribution >= 0.6 is 0 Å². The van der Waals surface area contributed by atoms with E-state index >= 15 is 0 Å². The van der Waals surface area contributed by atoms with Crippen molar-refractivity contribution in [3.63, 3.8) is 0 Å². The van der Waals surface area contributed by atoms with E-state index in [0.717, 1.165) is 63.2 Å². The highest BCUT2D eigenvalue weighted by atomic mass is 16.2. The molecule has 2 saturated heterocycles. The highest BCUT2D eigenvalue weighted by Gasteiger charge is 2.36. The summed E-state index contributed by atoms with van der Waals surface area (Å²) in [6.45, 7) is 7.19. The van der Waals surface area contributed by atoms with Gasteiger partial charge < -0.3 is 25.3 Å². The van der Waals surface area contributed by atoms with Crippen molar-refractivity contribution in [2.24, 2.45) is 0 Å². The minimum atomic E-state index is 0.0635. The lowest BCUT2D eigenvalue weighted by Crippen LogP contribution is -2.56. The van der Waals surface area contributed by atoms with Gasteiger partial charge in [-0.2, -0.15) is 0 Å². The summed E-state index contributed by atoms with van der Waals surface area (Å²) < 4.78 is 0. The molecule has 0 bridgehead atoms. The van der Waals surface area contributed by atoms with Crippen molar-refractivity contribution < 1.29 is 4.79 Å². The van der Waals surface area contributed by atoms with Crippen molar-refractivity contribution >= 4 is 12.0 Å². The first kappa shape index (κ1) is 22.1. The van der Waals surface area contributed by atoms with Crippen LogP contribution in [0, 0.1) is 0 Å². The maximum Gasteiger partial charge on any atom is 0.321 e. The number of hydrogen-bond acceptors (Lipinski definition) is 6. The van der Waals surface area contributed by atoms with E-state index in [2.05, 4.69) is 63.7 Å². The van der Waals surface area contributed by atoms with Crippen molar-refractivity contribution in [1.29, 1.82) is 0 Å². The predicted octanol–water partition coefficient (Wildman–Crippen LogP) is 2.50. The highest BCUT2D eigenvalue weighted by molar-refractivity contribution is 5.76. The maximum absolute atomic E-state index is 13.8. The molecule has 176 valence electrons. The second kappa shape index (κ2) is 9.65. The minimum absolute atomic E-state index is 0.0635. The summed E-state index contributed by atoms with van der Waals surface area (Å²) in [4.78, 5) is 29.6. The molecule has 0 spiro atoms. The Labute approximate surface area is 196 Å². The molecule has 0 aliphatic carbocycles. The second-order valence-electron chi connectivity index (χ2n) is 9.68. The van der Waals surface area contributed by atoms with Gasteiger partial charge in [0.2, 0.25) is 5.95 Å². The lowest BCUT2D eigenvalue weighted by molar-refractivity contribution is 0.0717. The van der Waals surface area contributed by atoms with Crippen molar-refractivity contribution in [3.05, 3.63) is 53.3 Å². The van der Waals surface area contributed by atoms with E-state index in [1.165, 1.54) is 5.56 Å². The lowest BCUT2D eigenvalue weighted by Gasteiger charge is -2.44. The number of carbonyl (C=O) groups is 1. The van der Waals surface area contributed by atoms with E-state index < -0.39 is 0 Å². The van der Waals surface area contributed by atoms with Crippen LogP contribution in [0.5, 0.6) is 0 Å². The molecule has 2 N–H and O–H groups in total. The van der Waals surface area contributed by atoms with Crippen LogP contribution in [0.3, 0.4) is 0 Å². The fourth-order valence-electron chi connectivity index (χ4n) is 5.24. The van der Waals surface area contributed by atoms with Crippen molar-refractivity contribution in [1.82, 2.24) is 30.0 Å². The summed E-state index contributed by atoms with van der Waals surface area (Å²) >= 11 is 0. The first-order valence-electron chi connectivity index (χ1n) is 12.2. The molecular weight excluding hydrogens is 414 g/mol. The molecule has 2 amide bonds. The third-order valence-corrected chi connectivity index (χ3v) is 7.25. The zero-order valence-electron chi connectivity index (χ0n) is 19.7. The standard InChI is InChI=1S/C25H35N7O/c1-18-14-20-15-27-24(28-21-8-10-26-11-9-21)29-22(20)16-32(18)25(33)31-13-12-30(2)17-23(31)19-6-4-3-5-7-19/h3-7,15,18,21,23,26H,8-14,16-17H2,1-2H3,(H,27,28,29)/t18-,23-/m1/s1. The molecule has 8 nitrogen and oxygen atoms in total. The fourth-order valence-corrected chi connectivity index (χ4v) is 5.24. The normalized spacial score (nSPS) is 24.4. The van der Waals surface area contributed by atoms with Crippen LogP contribution in [0.15, 0.2) is 36.5 Å². The van der Waals surface area contributed by atoms with Crippen LogP contribution in [0.4, 0.5) is 10.7 Å². The number of likely N-dealkylation sites (N-methyl/N-ethyl adjacent to an activating group) is 1. The number of piperidine rings is 1. The Morgan fingerprint density at radius 2 is 1.91 bits per heavy atom. The van der Waals surface area contributed by atoms with Gasteiger partial charge in [0.1, 0.15) is 0 Å². The summed E-state index contributed by atoms with van der Waals surface area (Å²) in [6.07, 6.45) is 4.89. The van der Waals surface area contributed by atoms with Crippen molar-refractivity contribution in [2.75, 3.05) is 45.1 Å². The summed E-state index contributed by atoms with van der Waals surface area (Å²) in [7, 11) is 2.13. The molecular formula is C25H35N7O. The Hall–Kier alpha value is -2.71. The maximum atomic E-state index is 13.8.